The first-order valence-electron chi connectivity index (χ1n) is 11.2. The van der Waals surface area contributed by atoms with Crippen LogP contribution in [0.2, 0.25) is 0 Å². The molecule has 4 heteroatoms. The van der Waals surface area contributed by atoms with Crippen LogP contribution in [0, 0.1) is 11.8 Å². The van der Waals surface area contributed by atoms with Crippen molar-refractivity contribution < 1.29 is 19.1 Å². The van der Waals surface area contributed by atoms with Crippen molar-refractivity contribution in [2.75, 3.05) is 0 Å². The van der Waals surface area contributed by atoms with Crippen LogP contribution >= 0.6 is 0 Å². The van der Waals surface area contributed by atoms with Gasteiger partial charge in [0.2, 0.25) is 0 Å². The monoisotopic (exact) mass is 446 g/mol. The lowest BCUT2D eigenvalue weighted by molar-refractivity contribution is 0.0428. The number of Topliss-reactive ketones (excluding diaryl/α,β-unsaturated/α-hetero) is 3. The molecule has 0 spiro atoms. The number of carbonyl (C=O) groups is 3. The van der Waals surface area contributed by atoms with Crippen LogP contribution in [0.25, 0.3) is 0 Å². The maximum Gasteiger partial charge on any atom is 0.174 e. The minimum atomic E-state index is -1.24. The van der Waals surface area contributed by atoms with Crippen LogP contribution < -0.4 is 4.74 Å². The Morgan fingerprint density at radius 3 is 1.65 bits per heavy atom. The second kappa shape index (κ2) is 9.28. The van der Waals surface area contributed by atoms with E-state index in [1.165, 1.54) is 0 Å². The molecule has 4 nitrogen and oxygen atoms in total. The topological polar surface area (TPSA) is 60.4 Å². The van der Waals surface area contributed by atoms with Crippen LogP contribution in [-0.4, -0.2) is 17.3 Å². The van der Waals surface area contributed by atoms with Gasteiger partial charge in [-0.2, -0.15) is 0 Å². The Hall–Kier alpha value is -4.31. The summed E-state index contributed by atoms with van der Waals surface area (Å²) in [6.45, 7) is 0. The normalized spacial score (nSPS) is 17.0. The predicted octanol–water partition coefficient (Wildman–Crippen LogP) is 6.00. The Balaban J connectivity index is 1.69. The lowest BCUT2D eigenvalue weighted by atomic mass is 9.71. The molecule has 2 unspecified atom stereocenters. The second-order valence-corrected chi connectivity index (χ2v) is 8.27. The van der Waals surface area contributed by atoms with Crippen LogP contribution in [0.1, 0.15) is 42.7 Å². The smallest absolute Gasteiger partial charge is 0.174 e. The first-order chi connectivity index (χ1) is 16.6. The van der Waals surface area contributed by atoms with Gasteiger partial charge in [-0.05, 0) is 17.7 Å². The minimum Gasteiger partial charge on any atom is -0.484 e. The molecular weight excluding hydrogens is 424 g/mol. The van der Waals surface area contributed by atoms with Crippen molar-refractivity contribution in [1.82, 2.24) is 0 Å². The van der Waals surface area contributed by atoms with Crippen molar-refractivity contribution in [3.63, 3.8) is 0 Å². The molecule has 0 aromatic heterocycles. The number of rotatable bonds is 6. The van der Waals surface area contributed by atoms with E-state index in [1.807, 2.05) is 42.5 Å². The third kappa shape index (κ3) is 3.95. The van der Waals surface area contributed by atoms with E-state index in [9.17, 15) is 14.4 Å². The zero-order valence-corrected chi connectivity index (χ0v) is 18.3. The maximum absolute atomic E-state index is 13.9. The van der Waals surface area contributed by atoms with Gasteiger partial charge in [-0.1, -0.05) is 103 Å². The summed E-state index contributed by atoms with van der Waals surface area (Å²) in [6, 6.07) is 33.6. The van der Waals surface area contributed by atoms with Gasteiger partial charge < -0.3 is 4.74 Å². The highest BCUT2D eigenvalue weighted by atomic mass is 16.5. The van der Waals surface area contributed by atoms with E-state index >= 15 is 0 Å². The van der Waals surface area contributed by atoms with Gasteiger partial charge >= 0.3 is 0 Å². The lowest BCUT2D eigenvalue weighted by Crippen LogP contribution is -2.43. The first kappa shape index (κ1) is 21.5. The summed E-state index contributed by atoms with van der Waals surface area (Å²) in [5, 5.41) is 0. The summed E-state index contributed by atoms with van der Waals surface area (Å²) in [5.74, 6) is -2.85. The Morgan fingerprint density at radius 2 is 1.09 bits per heavy atom. The third-order valence-corrected chi connectivity index (χ3v) is 6.20. The van der Waals surface area contributed by atoms with E-state index in [-0.39, 0.29) is 5.78 Å². The van der Waals surface area contributed by atoms with Gasteiger partial charge in [0.05, 0.1) is 17.4 Å². The molecule has 4 aromatic rings. The van der Waals surface area contributed by atoms with Crippen molar-refractivity contribution >= 4 is 17.3 Å². The molecule has 1 heterocycles. The standard InChI is InChI=1S/C30H22O4/c31-27(20-12-4-1-5-13-20)25(28(32)21-14-6-2-7-15-21)26-29(33)23-18-10-11-19-24(23)34-30(26)22-16-8-3-9-17-22/h1-19,25-26,30H. The molecule has 0 N–H and O–H groups in total. The van der Waals surface area contributed by atoms with Gasteiger partial charge in [0, 0.05) is 11.1 Å². The summed E-state index contributed by atoms with van der Waals surface area (Å²) >= 11 is 0. The van der Waals surface area contributed by atoms with Crippen LogP contribution in [0.5, 0.6) is 5.75 Å². The molecule has 0 radical (unpaired) electrons. The second-order valence-electron chi connectivity index (χ2n) is 8.27. The van der Waals surface area contributed by atoms with Gasteiger partial charge in [-0.15, -0.1) is 0 Å². The zero-order valence-electron chi connectivity index (χ0n) is 18.3. The fourth-order valence-corrected chi connectivity index (χ4v) is 4.55. The summed E-state index contributed by atoms with van der Waals surface area (Å²) in [6.07, 6.45) is -0.783. The first-order valence-corrected chi connectivity index (χ1v) is 11.2. The lowest BCUT2D eigenvalue weighted by Gasteiger charge is -2.36. The number of ketones is 3. The summed E-state index contributed by atoms with van der Waals surface area (Å²) in [7, 11) is 0. The van der Waals surface area contributed by atoms with E-state index in [2.05, 4.69) is 0 Å². The summed E-state index contributed by atoms with van der Waals surface area (Å²) < 4.78 is 6.33. The van der Waals surface area contributed by atoms with Crippen LogP contribution in [-0.2, 0) is 0 Å². The van der Waals surface area contributed by atoms with Crippen molar-refractivity contribution in [3.05, 3.63) is 138 Å². The van der Waals surface area contributed by atoms with E-state index in [1.54, 1.807) is 72.8 Å². The van der Waals surface area contributed by atoms with Crippen molar-refractivity contribution in [3.8, 4) is 5.75 Å². The molecule has 166 valence electrons. The molecule has 0 amide bonds. The molecule has 0 saturated heterocycles. The number of hydrogen-bond donors (Lipinski definition) is 0. The highest BCUT2D eigenvalue weighted by Gasteiger charge is 2.48. The number of para-hydroxylation sites is 1. The van der Waals surface area contributed by atoms with Gasteiger partial charge in [0.15, 0.2) is 17.3 Å². The highest BCUT2D eigenvalue weighted by molar-refractivity contribution is 6.20. The fraction of sp³-hybridized carbons (Fsp3) is 0.100. The Morgan fingerprint density at radius 1 is 0.618 bits per heavy atom. The Labute approximate surface area is 197 Å². The van der Waals surface area contributed by atoms with Gasteiger partial charge in [0.1, 0.15) is 11.9 Å². The van der Waals surface area contributed by atoms with Gasteiger partial charge in [-0.3, -0.25) is 14.4 Å². The van der Waals surface area contributed by atoms with E-state index in [0.717, 1.165) is 5.56 Å². The predicted molar refractivity (Wildman–Crippen MR) is 129 cm³/mol. The number of ether oxygens (including phenoxy) is 1. The molecule has 1 aliphatic heterocycles. The van der Waals surface area contributed by atoms with Crippen molar-refractivity contribution in [2.24, 2.45) is 11.8 Å². The molecule has 0 fully saturated rings. The molecule has 0 aliphatic carbocycles. The molecule has 1 aliphatic rings. The van der Waals surface area contributed by atoms with Crippen LogP contribution in [0.15, 0.2) is 115 Å². The van der Waals surface area contributed by atoms with Crippen molar-refractivity contribution in [1.29, 1.82) is 0 Å². The highest BCUT2D eigenvalue weighted by Crippen LogP contribution is 2.43. The molecule has 34 heavy (non-hydrogen) atoms. The molecule has 0 saturated carbocycles. The summed E-state index contributed by atoms with van der Waals surface area (Å²) in [5.41, 5.74) is 1.89. The average molecular weight is 447 g/mol. The van der Waals surface area contributed by atoms with E-state index in [4.69, 9.17) is 4.74 Å². The largest absolute Gasteiger partial charge is 0.484 e. The molecular formula is C30H22O4. The number of hydrogen-bond acceptors (Lipinski definition) is 4. The van der Waals surface area contributed by atoms with Gasteiger partial charge in [0.25, 0.3) is 0 Å². The zero-order chi connectivity index (χ0) is 23.5. The maximum atomic E-state index is 13.9. The molecule has 5 rings (SSSR count). The summed E-state index contributed by atoms with van der Waals surface area (Å²) in [4.78, 5) is 41.7. The number of carbonyl (C=O) groups excluding carboxylic acids is 3. The SMILES string of the molecule is O=C(c1ccccc1)C(C(=O)c1ccccc1)C1C(=O)c2ccccc2OC1c1ccccc1. The molecule has 0 bridgehead atoms. The number of fused-ring (bicyclic) bond motifs is 1. The average Bonchev–Trinajstić information content (AvgIpc) is 2.91. The minimum absolute atomic E-state index is 0.269. The van der Waals surface area contributed by atoms with Crippen molar-refractivity contribution in [2.45, 2.75) is 6.10 Å². The molecule has 4 aromatic carbocycles. The van der Waals surface area contributed by atoms with Crippen LogP contribution in [0.3, 0.4) is 0 Å². The fourth-order valence-electron chi connectivity index (χ4n) is 4.55. The Kier molecular flexibility index (Phi) is 5.88. The van der Waals surface area contributed by atoms with E-state index in [0.29, 0.717) is 22.4 Å². The number of benzene rings is 4. The van der Waals surface area contributed by atoms with E-state index < -0.39 is 29.5 Å². The third-order valence-electron chi connectivity index (χ3n) is 6.20. The van der Waals surface area contributed by atoms with Gasteiger partial charge in [-0.25, -0.2) is 0 Å². The van der Waals surface area contributed by atoms with Crippen LogP contribution in [0.4, 0.5) is 0 Å². The Bertz CT molecular complexity index is 1280. The molecule has 2 atom stereocenters. The quantitative estimate of drug-likeness (QED) is 0.269.